The van der Waals surface area contributed by atoms with E-state index in [4.69, 9.17) is 11.6 Å². The number of H-pyrrole nitrogens is 1. The van der Waals surface area contributed by atoms with Crippen molar-refractivity contribution >= 4 is 33.4 Å². The normalized spacial score (nSPS) is 12.2. The Morgan fingerprint density at radius 2 is 1.67 bits per heavy atom. The summed E-state index contributed by atoms with van der Waals surface area (Å²) in [6, 6.07) is 12.5. The molecule has 0 amide bonds. The van der Waals surface area contributed by atoms with Gasteiger partial charge in [0.25, 0.3) is 0 Å². The summed E-state index contributed by atoms with van der Waals surface area (Å²) >= 11 is 5.91. The van der Waals surface area contributed by atoms with Crippen LogP contribution in [-0.2, 0) is 6.18 Å². The van der Waals surface area contributed by atoms with Gasteiger partial charge in [-0.1, -0.05) is 29.8 Å². The van der Waals surface area contributed by atoms with Crippen molar-refractivity contribution in [3.63, 3.8) is 0 Å². The van der Waals surface area contributed by atoms with Crippen LogP contribution in [0.1, 0.15) is 5.56 Å². The molecule has 2 aromatic heterocycles. The number of nitrogens with zero attached hydrogens (tertiary/aromatic N) is 1. The Balaban J connectivity index is 2.04. The lowest BCUT2D eigenvalue weighted by Gasteiger charge is -2.10. The van der Waals surface area contributed by atoms with E-state index >= 15 is 0 Å². The number of rotatable bonds is 1. The van der Waals surface area contributed by atoms with Crippen LogP contribution in [-0.4, -0.2) is 9.97 Å². The topological polar surface area (TPSA) is 28.7 Å². The van der Waals surface area contributed by atoms with Crippen LogP contribution in [0.2, 0.25) is 5.02 Å². The molecule has 2 aromatic carbocycles. The summed E-state index contributed by atoms with van der Waals surface area (Å²) in [6.45, 7) is 0. The molecule has 0 saturated carbocycles. The Morgan fingerprint density at radius 1 is 0.917 bits per heavy atom. The number of halogens is 4. The predicted octanol–water partition coefficient (Wildman–Crippen LogP) is 6.06. The Labute approximate surface area is 139 Å². The maximum atomic E-state index is 13.0. The summed E-state index contributed by atoms with van der Waals surface area (Å²) in [5.74, 6) is 0. The van der Waals surface area contributed by atoms with Gasteiger partial charge in [0.2, 0.25) is 0 Å². The lowest BCUT2D eigenvalue weighted by molar-refractivity contribution is -0.137. The number of aromatic amines is 1. The molecule has 0 saturated heterocycles. The maximum absolute atomic E-state index is 13.0. The molecule has 2 heterocycles. The van der Waals surface area contributed by atoms with E-state index in [1.54, 1.807) is 30.5 Å². The van der Waals surface area contributed by atoms with Crippen molar-refractivity contribution in [2.75, 3.05) is 0 Å². The third-order valence-electron chi connectivity index (χ3n) is 3.95. The van der Waals surface area contributed by atoms with Crippen molar-refractivity contribution in [2.45, 2.75) is 6.18 Å². The van der Waals surface area contributed by atoms with Gasteiger partial charge in [-0.2, -0.15) is 13.2 Å². The predicted molar refractivity (Wildman–Crippen MR) is 89.0 cm³/mol. The molecule has 0 radical (unpaired) electrons. The zero-order valence-corrected chi connectivity index (χ0v) is 12.9. The molecule has 0 fully saturated rings. The van der Waals surface area contributed by atoms with Crippen LogP contribution in [0.15, 0.2) is 54.7 Å². The minimum absolute atomic E-state index is 0.307. The zero-order chi connectivity index (χ0) is 16.9. The van der Waals surface area contributed by atoms with Crippen molar-refractivity contribution in [3.8, 4) is 11.3 Å². The van der Waals surface area contributed by atoms with Crippen LogP contribution in [0.3, 0.4) is 0 Å². The van der Waals surface area contributed by atoms with Crippen LogP contribution in [0.4, 0.5) is 13.2 Å². The van der Waals surface area contributed by atoms with Crippen molar-refractivity contribution in [1.29, 1.82) is 0 Å². The van der Waals surface area contributed by atoms with Gasteiger partial charge in [-0.25, -0.2) is 4.98 Å². The van der Waals surface area contributed by atoms with E-state index in [9.17, 15) is 13.2 Å². The van der Waals surface area contributed by atoms with Crippen LogP contribution in [0.5, 0.6) is 0 Å². The highest BCUT2D eigenvalue weighted by atomic mass is 35.5. The number of hydrogen-bond acceptors (Lipinski definition) is 1. The molecule has 0 aliphatic carbocycles. The molecule has 0 spiro atoms. The number of nitrogens with one attached hydrogen (secondary N) is 1. The van der Waals surface area contributed by atoms with E-state index in [1.165, 1.54) is 6.07 Å². The molecule has 0 aliphatic rings. The molecular weight excluding hydrogens is 337 g/mol. The molecule has 2 nitrogen and oxygen atoms in total. The van der Waals surface area contributed by atoms with Gasteiger partial charge in [0.15, 0.2) is 0 Å². The summed E-state index contributed by atoms with van der Waals surface area (Å²) in [5.41, 5.74) is 1.76. The van der Waals surface area contributed by atoms with Crippen molar-refractivity contribution in [3.05, 3.63) is 65.3 Å². The smallest absolute Gasteiger partial charge is 0.359 e. The first kappa shape index (κ1) is 15.0. The van der Waals surface area contributed by atoms with Gasteiger partial charge < -0.3 is 4.98 Å². The Bertz CT molecular complexity index is 1050. The molecule has 6 heteroatoms. The number of hydrogen-bond donors (Lipinski definition) is 1. The minimum Gasteiger partial charge on any atom is -0.359 e. The van der Waals surface area contributed by atoms with Gasteiger partial charge in [0.1, 0.15) is 0 Å². The summed E-state index contributed by atoms with van der Waals surface area (Å²) in [5, 5.41) is 2.09. The average Bonchev–Trinajstić information content (AvgIpc) is 3.03. The second kappa shape index (κ2) is 5.24. The van der Waals surface area contributed by atoms with Crippen LogP contribution in [0.25, 0.3) is 33.1 Å². The number of pyridine rings is 1. The van der Waals surface area contributed by atoms with Crippen molar-refractivity contribution < 1.29 is 13.2 Å². The fourth-order valence-electron chi connectivity index (χ4n) is 2.81. The first-order valence-corrected chi connectivity index (χ1v) is 7.55. The molecule has 0 unspecified atom stereocenters. The van der Waals surface area contributed by atoms with Crippen molar-refractivity contribution in [2.24, 2.45) is 0 Å². The highest BCUT2D eigenvalue weighted by molar-refractivity contribution is 6.30. The van der Waals surface area contributed by atoms with E-state index < -0.39 is 11.7 Å². The summed E-state index contributed by atoms with van der Waals surface area (Å²) in [4.78, 5) is 7.60. The van der Waals surface area contributed by atoms with Gasteiger partial charge in [-0.05, 0) is 30.3 Å². The Hall–Kier alpha value is -2.53. The molecule has 0 aliphatic heterocycles. The number of fused-ring (bicyclic) bond motifs is 3. The van der Waals surface area contributed by atoms with Crippen LogP contribution in [0, 0.1) is 0 Å². The second-order valence-corrected chi connectivity index (χ2v) is 5.90. The molecule has 4 rings (SSSR count). The first-order valence-electron chi connectivity index (χ1n) is 7.17. The second-order valence-electron chi connectivity index (χ2n) is 5.46. The average molecular weight is 347 g/mol. The van der Waals surface area contributed by atoms with Crippen LogP contribution < -0.4 is 0 Å². The fourth-order valence-corrected chi connectivity index (χ4v) is 2.94. The molecule has 1 N–H and O–H groups in total. The number of aromatic nitrogens is 2. The third-order valence-corrected chi connectivity index (χ3v) is 4.20. The zero-order valence-electron chi connectivity index (χ0n) is 12.2. The third kappa shape index (κ3) is 2.41. The molecule has 120 valence electrons. The minimum atomic E-state index is -4.40. The molecule has 0 atom stereocenters. The molecule has 4 aromatic rings. The van der Waals surface area contributed by atoms with E-state index in [1.807, 2.05) is 6.07 Å². The summed E-state index contributed by atoms with van der Waals surface area (Å²) in [6.07, 6.45) is -2.65. The van der Waals surface area contributed by atoms with Gasteiger partial charge in [-0.15, -0.1) is 0 Å². The van der Waals surface area contributed by atoms with Gasteiger partial charge in [0.05, 0.1) is 22.3 Å². The lowest BCUT2D eigenvalue weighted by atomic mass is 10.0. The van der Waals surface area contributed by atoms with E-state index in [0.29, 0.717) is 21.6 Å². The number of benzene rings is 2. The van der Waals surface area contributed by atoms with E-state index in [0.717, 1.165) is 28.6 Å². The monoisotopic (exact) mass is 346 g/mol. The Kier molecular flexibility index (Phi) is 3.28. The van der Waals surface area contributed by atoms with Crippen LogP contribution >= 0.6 is 11.6 Å². The number of alkyl halides is 3. The standard InChI is InChI=1S/C18H10ClF3N2/c19-12-4-1-10(2-5-12)16-17-14(7-8-23-17)13-6-3-11(18(20,21)22)9-15(13)24-16/h1-9,23H. The Morgan fingerprint density at radius 3 is 2.38 bits per heavy atom. The van der Waals surface area contributed by atoms with Gasteiger partial charge in [-0.3, -0.25) is 0 Å². The molecule has 0 bridgehead atoms. The highest BCUT2D eigenvalue weighted by Gasteiger charge is 2.30. The highest BCUT2D eigenvalue weighted by Crippen LogP contribution is 2.35. The van der Waals surface area contributed by atoms with Gasteiger partial charge >= 0.3 is 6.18 Å². The van der Waals surface area contributed by atoms with E-state index in [-0.39, 0.29) is 0 Å². The van der Waals surface area contributed by atoms with Gasteiger partial charge in [0, 0.05) is 27.6 Å². The SMILES string of the molecule is FC(F)(F)c1ccc2c(c1)nc(-c1ccc(Cl)cc1)c1[nH]ccc12. The van der Waals surface area contributed by atoms with E-state index in [2.05, 4.69) is 9.97 Å². The molecular formula is C18H10ClF3N2. The molecule has 24 heavy (non-hydrogen) atoms. The summed E-state index contributed by atoms with van der Waals surface area (Å²) in [7, 11) is 0. The largest absolute Gasteiger partial charge is 0.416 e. The first-order chi connectivity index (χ1) is 11.4. The fraction of sp³-hybridized carbons (Fsp3) is 0.0556. The lowest BCUT2D eigenvalue weighted by Crippen LogP contribution is -2.04. The van der Waals surface area contributed by atoms with Crippen molar-refractivity contribution in [1.82, 2.24) is 9.97 Å². The quantitative estimate of drug-likeness (QED) is 0.446. The maximum Gasteiger partial charge on any atom is 0.416 e. The summed E-state index contributed by atoms with van der Waals surface area (Å²) < 4.78 is 39.0.